The van der Waals surface area contributed by atoms with Crippen molar-refractivity contribution in [3.8, 4) is 0 Å². The monoisotopic (exact) mass is 282 g/mol. The van der Waals surface area contributed by atoms with Gasteiger partial charge < -0.3 is 14.9 Å². The van der Waals surface area contributed by atoms with Crippen LogP contribution in [0.5, 0.6) is 0 Å². The van der Waals surface area contributed by atoms with Crippen LogP contribution in [0.25, 0.3) is 0 Å². The Hall–Kier alpha value is -1.70. The summed E-state index contributed by atoms with van der Waals surface area (Å²) in [5.74, 6) is 0. The fourth-order valence-electron chi connectivity index (χ4n) is 2.18. The Morgan fingerprint density at radius 1 is 1.55 bits per heavy atom. The third kappa shape index (κ3) is 2.90. The van der Waals surface area contributed by atoms with Crippen molar-refractivity contribution < 1.29 is 14.9 Å². The van der Waals surface area contributed by atoms with E-state index in [1.54, 1.807) is 6.08 Å². The summed E-state index contributed by atoms with van der Waals surface area (Å²) in [7, 11) is 0. The van der Waals surface area contributed by atoms with E-state index in [1.165, 1.54) is 10.8 Å². The second-order valence-electron chi connectivity index (χ2n) is 4.71. The van der Waals surface area contributed by atoms with Gasteiger partial charge in [0.05, 0.1) is 12.7 Å². The zero-order valence-electron chi connectivity index (χ0n) is 11.2. The van der Waals surface area contributed by atoms with Gasteiger partial charge in [-0.3, -0.25) is 14.3 Å². The molecule has 0 amide bonds. The molecule has 0 saturated carbocycles. The van der Waals surface area contributed by atoms with Crippen LogP contribution in [0.4, 0.5) is 0 Å². The number of aliphatic hydroxyl groups excluding tert-OH is 2. The molecule has 0 bridgehead atoms. The van der Waals surface area contributed by atoms with Crippen LogP contribution in [0.15, 0.2) is 27.9 Å². The molecule has 0 unspecified atom stereocenters. The quantitative estimate of drug-likeness (QED) is 0.633. The van der Waals surface area contributed by atoms with Crippen LogP contribution < -0.4 is 11.2 Å². The molecule has 2 rings (SSSR count). The van der Waals surface area contributed by atoms with E-state index in [9.17, 15) is 14.7 Å². The summed E-state index contributed by atoms with van der Waals surface area (Å²) in [5, 5.41) is 18.7. The number of H-pyrrole nitrogens is 1. The number of ether oxygens (including phenoxy) is 1. The smallest absolute Gasteiger partial charge is 0.330 e. The Bertz CT molecular complexity index is 604. The lowest BCUT2D eigenvalue weighted by atomic mass is 10.2. The molecule has 1 aromatic heterocycles. The minimum absolute atomic E-state index is 0.195. The lowest BCUT2D eigenvalue weighted by Crippen LogP contribution is -2.34. The summed E-state index contributed by atoms with van der Waals surface area (Å²) in [6, 6.07) is 0. The number of rotatable bonds is 4. The fourth-order valence-corrected chi connectivity index (χ4v) is 2.18. The maximum atomic E-state index is 11.8. The highest BCUT2D eigenvalue weighted by Crippen LogP contribution is 2.27. The number of aromatic amines is 1. The van der Waals surface area contributed by atoms with E-state index in [0.29, 0.717) is 12.0 Å². The van der Waals surface area contributed by atoms with Gasteiger partial charge in [0.25, 0.3) is 5.56 Å². The SMILES string of the molecule is C/C=C/Cc1cn([C@H]2C[C@H](O)[C@@H](CO)O2)c(=O)[nH]c1=O. The number of aromatic nitrogens is 2. The number of aliphatic hydroxyl groups is 2. The van der Waals surface area contributed by atoms with Gasteiger partial charge in [-0.15, -0.1) is 0 Å². The highest BCUT2D eigenvalue weighted by molar-refractivity contribution is 5.09. The van der Waals surface area contributed by atoms with Crippen molar-refractivity contribution in [3.05, 3.63) is 44.8 Å². The van der Waals surface area contributed by atoms with Crippen LogP contribution in [0, 0.1) is 0 Å². The number of hydrogen-bond acceptors (Lipinski definition) is 5. The molecule has 1 aliphatic rings. The molecule has 1 fully saturated rings. The molecule has 2 heterocycles. The third-order valence-corrected chi connectivity index (χ3v) is 3.31. The van der Waals surface area contributed by atoms with E-state index >= 15 is 0 Å². The van der Waals surface area contributed by atoms with Crippen LogP contribution in [0.1, 0.15) is 25.1 Å². The van der Waals surface area contributed by atoms with E-state index in [-0.39, 0.29) is 13.0 Å². The van der Waals surface area contributed by atoms with Crippen LogP contribution in [0.2, 0.25) is 0 Å². The third-order valence-electron chi connectivity index (χ3n) is 3.31. The van der Waals surface area contributed by atoms with Crippen LogP contribution in [-0.2, 0) is 11.2 Å². The summed E-state index contributed by atoms with van der Waals surface area (Å²) >= 11 is 0. The Morgan fingerprint density at radius 2 is 2.30 bits per heavy atom. The highest BCUT2D eigenvalue weighted by atomic mass is 16.5. The van der Waals surface area contributed by atoms with Crippen molar-refractivity contribution in [2.75, 3.05) is 6.61 Å². The van der Waals surface area contributed by atoms with Crippen molar-refractivity contribution in [3.63, 3.8) is 0 Å². The summed E-state index contributed by atoms with van der Waals surface area (Å²) in [6.45, 7) is 1.52. The van der Waals surface area contributed by atoms with Gasteiger partial charge in [-0.05, 0) is 13.3 Å². The maximum absolute atomic E-state index is 11.8. The van der Waals surface area contributed by atoms with Crippen molar-refractivity contribution >= 4 is 0 Å². The first-order chi connectivity index (χ1) is 9.56. The molecule has 0 aliphatic carbocycles. The number of nitrogens with one attached hydrogen (secondary N) is 1. The molecule has 7 nitrogen and oxygen atoms in total. The highest BCUT2D eigenvalue weighted by Gasteiger charge is 2.35. The van der Waals surface area contributed by atoms with E-state index in [2.05, 4.69) is 4.98 Å². The molecule has 7 heteroatoms. The van der Waals surface area contributed by atoms with Crippen LogP contribution in [0.3, 0.4) is 0 Å². The van der Waals surface area contributed by atoms with Gasteiger partial charge in [-0.25, -0.2) is 4.79 Å². The molecule has 0 radical (unpaired) electrons. The van der Waals surface area contributed by atoms with Crippen molar-refractivity contribution in [1.29, 1.82) is 0 Å². The topological polar surface area (TPSA) is 105 Å². The Kier molecular flexibility index (Phi) is 4.53. The molecule has 3 N–H and O–H groups in total. The van der Waals surface area contributed by atoms with Crippen LogP contribution >= 0.6 is 0 Å². The van der Waals surface area contributed by atoms with Crippen molar-refractivity contribution in [2.24, 2.45) is 0 Å². The predicted octanol–water partition coefficient (Wildman–Crippen LogP) is -0.704. The molecular formula is C13H18N2O5. The minimum atomic E-state index is -0.831. The Morgan fingerprint density at radius 3 is 2.90 bits per heavy atom. The fraction of sp³-hybridized carbons (Fsp3) is 0.538. The molecule has 0 aromatic carbocycles. The summed E-state index contributed by atoms with van der Waals surface area (Å²) < 4.78 is 6.66. The number of hydrogen-bond donors (Lipinski definition) is 3. The zero-order valence-corrected chi connectivity index (χ0v) is 11.2. The molecule has 20 heavy (non-hydrogen) atoms. The maximum Gasteiger partial charge on any atom is 0.330 e. The number of nitrogens with zero attached hydrogens (tertiary/aromatic N) is 1. The van der Waals surface area contributed by atoms with Crippen LogP contribution in [-0.4, -0.2) is 38.6 Å². The minimum Gasteiger partial charge on any atom is -0.394 e. The second kappa shape index (κ2) is 6.17. The van der Waals surface area contributed by atoms with Gasteiger partial charge >= 0.3 is 5.69 Å². The molecule has 1 saturated heterocycles. The first kappa shape index (κ1) is 14.7. The molecule has 0 spiro atoms. The zero-order chi connectivity index (χ0) is 14.7. The molecule has 1 aromatic rings. The summed E-state index contributed by atoms with van der Waals surface area (Å²) in [4.78, 5) is 25.7. The second-order valence-corrected chi connectivity index (χ2v) is 4.71. The summed E-state index contributed by atoms with van der Waals surface area (Å²) in [6.07, 6.45) is 3.44. The first-order valence-corrected chi connectivity index (χ1v) is 6.46. The van der Waals surface area contributed by atoms with Gasteiger partial charge in [0, 0.05) is 18.2 Å². The molecule has 110 valence electrons. The normalized spacial score (nSPS) is 26.4. The van der Waals surface area contributed by atoms with E-state index in [0.717, 1.165) is 0 Å². The first-order valence-electron chi connectivity index (χ1n) is 6.46. The largest absolute Gasteiger partial charge is 0.394 e. The molecule has 3 atom stereocenters. The lowest BCUT2D eigenvalue weighted by Gasteiger charge is -2.15. The van der Waals surface area contributed by atoms with Gasteiger partial charge in [0.1, 0.15) is 12.3 Å². The van der Waals surface area contributed by atoms with Gasteiger partial charge in [-0.2, -0.15) is 0 Å². The van der Waals surface area contributed by atoms with E-state index in [1.807, 2.05) is 13.0 Å². The lowest BCUT2D eigenvalue weighted by molar-refractivity contribution is -0.0459. The van der Waals surface area contributed by atoms with E-state index in [4.69, 9.17) is 9.84 Å². The molecular weight excluding hydrogens is 264 g/mol. The average molecular weight is 282 g/mol. The molecule has 1 aliphatic heterocycles. The van der Waals surface area contributed by atoms with Crippen molar-refractivity contribution in [2.45, 2.75) is 38.2 Å². The van der Waals surface area contributed by atoms with Gasteiger partial charge in [-0.1, -0.05) is 12.2 Å². The predicted molar refractivity (Wildman–Crippen MR) is 71.5 cm³/mol. The average Bonchev–Trinajstić information content (AvgIpc) is 2.79. The van der Waals surface area contributed by atoms with Gasteiger partial charge in [0.2, 0.25) is 0 Å². The summed E-state index contributed by atoms with van der Waals surface area (Å²) in [5.41, 5.74) is -0.579. The van der Waals surface area contributed by atoms with E-state index < -0.39 is 29.7 Å². The Balaban J connectivity index is 2.32. The Labute approximate surface area is 115 Å². The standard InChI is InChI=1S/C13H18N2O5/c1-2-3-4-8-6-15(13(19)14-12(8)18)11-5-9(17)10(7-16)20-11/h2-3,6,9-11,16-17H,4-5,7H2,1H3,(H,14,18,19)/b3-2+/t9-,10+,11+/m0/s1. The number of allylic oxidation sites excluding steroid dienone is 2. The van der Waals surface area contributed by atoms with Gasteiger partial charge in [0.15, 0.2) is 0 Å². The van der Waals surface area contributed by atoms with Crippen molar-refractivity contribution in [1.82, 2.24) is 9.55 Å².